The molecule has 0 atom stereocenters. The average molecular weight is 463 g/mol. The van der Waals surface area contributed by atoms with Crippen molar-refractivity contribution in [2.24, 2.45) is 10.2 Å². The maximum Gasteiger partial charge on any atom is 0.362 e. The van der Waals surface area contributed by atoms with Crippen LogP contribution < -0.4 is 10.6 Å². The van der Waals surface area contributed by atoms with Crippen LogP contribution in [0, 0.1) is 0 Å². The molecule has 0 radical (unpaired) electrons. The zero-order chi connectivity index (χ0) is 21.2. The van der Waals surface area contributed by atoms with Crippen LogP contribution in [0.5, 0.6) is 0 Å². The maximum absolute atomic E-state index is 11.7. The highest BCUT2D eigenvalue weighted by Gasteiger charge is 2.23. The summed E-state index contributed by atoms with van der Waals surface area (Å²) in [5, 5.41) is 15.7. The molecule has 1 fully saturated rings. The maximum atomic E-state index is 11.7. The molecule has 0 spiro atoms. The van der Waals surface area contributed by atoms with Crippen molar-refractivity contribution in [1.29, 1.82) is 0 Å². The summed E-state index contributed by atoms with van der Waals surface area (Å²) < 4.78 is 6.99. The number of fused-ring (bicyclic) bond motifs is 1. The van der Waals surface area contributed by atoms with Crippen molar-refractivity contribution in [3.8, 4) is 0 Å². The molecule has 5 rings (SSSR count). The van der Waals surface area contributed by atoms with E-state index in [0.29, 0.717) is 5.70 Å². The average Bonchev–Trinajstić information content (AvgIpc) is 3.41. The summed E-state index contributed by atoms with van der Waals surface area (Å²) in [5.41, 5.74) is 3.16. The van der Waals surface area contributed by atoms with Crippen LogP contribution in [-0.4, -0.2) is 11.1 Å². The number of anilines is 2. The Hall–Kier alpha value is -3.40. The monoisotopic (exact) mass is 462 g/mol. The first-order chi connectivity index (χ1) is 15.1. The second-order valence-electron chi connectivity index (χ2n) is 6.56. The number of carbonyl (C=O) groups excluding carboxylic acids is 1. The van der Waals surface area contributed by atoms with Gasteiger partial charge in [-0.1, -0.05) is 18.2 Å². The third kappa shape index (κ3) is 4.53. The molecule has 0 saturated carbocycles. The topological polar surface area (TPSA) is 75.1 Å². The Morgan fingerprint density at radius 3 is 2.39 bits per heavy atom. The molecule has 1 saturated heterocycles. The number of esters is 1. The third-order valence-corrected chi connectivity index (χ3v) is 6.65. The number of azo groups is 1. The van der Waals surface area contributed by atoms with Gasteiger partial charge in [-0.25, -0.2) is 4.79 Å². The van der Waals surface area contributed by atoms with Crippen molar-refractivity contribution in [1.82, 2.24) is 5.32 Å². The number of carbonyl (C=O) groups is 1. The number of ether oxygens (including phenoxy) is 1. The zero-order valence-electron chi connectivity index (χ0n) is 15.9. The van der Waals surface area contributed by atoms with Gasteiger partial charge in [0, 0.05) is 25.7 Å². The van der Waals surface area contributed by atoms with Gasteiger partial charge in [-0.05, 0) is 66.8 Å². The Morgan fingerprint density at radius 2 is 1.68 bits per heavy atom. The molecule has 1 aliphatic heterocycles. The van der Waals surface area contributed by atoms with Gasteiger partial charge in [0.2, 0.25) is 0 Å². The van der Waals surface area contributed by atoms with Crippen LogP contribution in [-0.2, 0) is 9.53 Å². The summed E-state index contributed by atoms with van der Waals surface area (Å²) in [5.74, 6) is -0.457. The highest BCUT2D eigenvalue weighted by Crippen LogP contribution is 2.39. The quantitative estimate of drug-likeness (QED) is 0.146. The van der Waals surface area contributed by atoms with E-state index in [2.05, 4.69) is 20.9 Å². The number of benzene rings is 2. The number of para-hydroxylation sites is 1. The molecule has 2 aromatic carbocycles. The smallest absolute Gasteiger partial charge is 0.362 e. The highest BCUT2D eigenvalue weighted by atomic mass is 32.1. The van der Waals surface area contributed by atoms with Gasteiger partial charge in [-0.2, -0.15) is 0 Å². The van der Waals surface area contributed by atoms with Crippen molar-refractivity contribution in [2.75, 3.05) is 5.32 Å². The van der Waals surface area contributed by atoms with Crippen molar-refractivity contribution in [2.45, 2.75) is 0 Å². The van der Waals surface area contributed by atoms with Crippen LogP contribution in [0.15, 0.2) is 82.7 Å². The second-order valence-corrected chi connectivity index (χ2v) is 9.11. The van der Waals surface area contributed by atoms with Gasteiger partial charge >= 0.3 is 5.97 Å². The number of thiophene rings is 2. The summed E-state index contributed by atoms with van der Waals surface area (Å²) in [6.45, 7) is 0. The summed E-state index contributed by atoms with van der Waals surface area (Å²) in [7, 11) is 0. The number of hydrogen-bond donors (Lipinski definition) is 2. The third-order valence-electron chi connectivity index (χ3n) is 4.34. The molecule has 0 amide bonds. The van der Waals surface area contributed by atoms with Gasteiger partial charge in [0.15, 0.2) is 0 Å². The minimum absolute atomic E-state index is 0.0844. The van der Waals surface area contributed by atoms with E-state index < -0.39 is 5.97 Å². The van der Waals surface area contributed by atoms with Gasteiger partial charge in [0.1, 0.15) is 10.7 Å². The van der Waals surface area contributed by atoms with E-state index in [-0.39, 0.29) is 5.17 Å². The molecule has 2 N–H and O–H groups in total. The molecule has 0 bridgehead atoms. The zero-order valence-corrected chi connectivity index (χ0v) is 18.3. The van der Waals surface area contributed by atoms with Gasteiger partial charge in [-0.15, -0.1) is 32.9 Å². The van der Waals surface area contributed by atoms with Crippen molar-refractivity contribution < 1.29 is 9.53 Å². The molecular formula is C22H14N4O2S3. The molecule has 4 aromatic rings. The molecule has 0 unspecified atom stereocenters. The van der Waals surface area contributed by atoms with Crippen molar-refractivity contribution in [3.63, 3.8) is 0 Å². The number of nitrogens with zero attached hydrogens (tertiary/aromatic N) is 2. The first kappa shape index (κ1) is 19.6. The van der Waals surface area contributed by atoms with E-state index in [9.17, 15) is 4.79 Å². The van der Waals surface area contributed by atoms with E-state index in [4.69, 9.17) is 17.0 Å². The highest BCUT2D eigenvalue weighted by molar-refractivity contribution is 7.80. The van der Waals surface area contributed by atoms with Crippen LogP contribution in [0.4, 0.5) is 22.1 Å². The molecule has 9 heteroatoms. The fourth-order valence-corrected chi connectivity index (χ4v) is 5.28. The van der Waals surface area contributed by atoms with Gasteiger partial charge in [0.25, 0.3) is 5.17 Å². The lowest BCUT2D eigenvalue weighted by molar-refractivity contribution is -0.129. The largest absolute Gasteiger partial charge is 0.394 e. The second kappa shape index (κ2) is 8.38. The molecule has 3 heterocycles. The molecule has 6 nitrogen and oxygen atoms in total. The standard InChI is InChI=1S/C22H14N4O2S3/c27-21-17(24-22(29)28-21)10-16-11-18-19(30-16)12-20(31-18)26-25-15-8-6-14(7-9-15)23-13-4-2-1-3-5-13/h1-12,23H,(H,24,29)/b17-10+,26-25+. The van der Waals surface area contributed by atoms with Crippen LogP contribution in [0.1, 0.15) is 4.88 Å². The van der Waals surface area contributed by atoms with Gasteiger partial charge in [0.05, 0.1) is 5.69 Å². The van der Waals surface area contributed by atoms with Crippen molar-refractivity contribution >= 4 is 83.6 Å². The Bertz CT molecular complexity index is 1310. The summed E-state index contributed by atoms with van der Waals surface area (Å²) in [4.78, 5) is 12.6. The lowest BCUT2D eigenvalue weighted by atomic mass is 10.2. The molecule has 2 aromatic heterocycles. The Labute approximate surface area is 190 Å². The SMILES string of the molecule is O=C1OC(=S)N/C1=C/c1cc2sc(/N=N/c3ccc(Nc4ccccc4)cc3)cc2s1. The van der Waals surface area contributed by atoms with E-state index >= 15 is 0 Å². The Morgan fingerprint density at radius 1 is 0.935 bits per heavy atom. The van der Waals surface area contributed by atoms with Crippen LogP contribution in [0.25, 0.3) is 15.5 Å². The van der Waals surface area contributed by atoms with Gasteiger partial charge < -0.3 is 15.4 Å². The number of rotatable bonds is 5. The molecule has 1 aliphatic rings. The number of hydrogen-bond acceptors (Lipinski definition) is 8. The normalized spacial score (nSPS) is 15.0. The number of cyclic esters (lactones) is 1. The summed E-state index contributed by atoms with van der Waals surface area (Å²) >= 11 is 7.96. The van der Waals surface area contributed by atoms with E-state index in [1.54, 1.807) is 28.7 Å². The summed E-state index contributed by atoms with van der Waals surface area (Å²) in [6, 6.07) is 21.8. The number of thiocarbonyl (C=S) groups is 1. The Balaban J connectivity index is 1.27. The first-order valence-electron chi connectivity index (χ1n) is 9.24. The fourth-order valence-electron chi connectivity index (χ4n) is 2.93. The predicted molar refractivity (Wildman–Crippen MR) is 130 cm³/mol. The lowest BCUT2D eigenvalue weighted by Crippen LogP contribution is -2.10. The fraction of sp³-hybridized carbons (Fsp3) is 0. The van der Waals surface area contributed by atoms with E-state index in [1.807, 2.05) is 66.7 Å². The summed E-state index contributed by atoms with van der Waals surface area (Å²) in [6.07, 6.45) is 1.74. The first-order valence-corrected chi connectivity index (χ1v) is 11.3. The van der Waals surface area contributed by atoms with Crippen molar-refractivity contribution in [3.05, 3.63) is 77.3 Å². The lowest BCUT2D eigenvalue weighted by Gasteiger charge is -2.05. The van der Waals surface area contributed by atoms with Crippen LogP contribution in [0.3, 0.4) is 0 Å². The molecule has 31 heavy (non-hydrogen) atoms. The molecule has 152 valence electrons. The molecule has 0 aliphatic carbocycles. The minimum atomic E-state index is -0.457. The van der Waals surface area contributed by atoms with Gasteiger partial charge in [-0.3, -0.25) is 0 Å². The number of nitrogens with one attached hydrogen (secondary N) is 2. The molecular weight excluding hydrogens is 448 g/mol. The van der Waals surface area contributed by atoms with E-state index in [1.165, 1.54) is 0 Å². The Kier molecular flexibility index (Phi) is 5.29. The van der Waals surface area contributed by atoms with Crippen LogP contribution >= 0.6 is 34.9 Å². The minimum Gasteiger partial charge on any atom is -0.394 e. The van der Waals surface area contributed by atoms with E-state index in [0.717, 1.165) is 36.3 Å². The predicted octanol–water partition coefficient (Wildman–Crippen LogP) is 6.89. The van der Waals surface area contributed by atoms with Crippen LogP contribution in [0.2, 0.25) is 0 Å².